The quantitative estimate of drug-likeness (QED) is 0.0523. The lowest BCUT2D eigenvalue weighted by Gasteiger charge is -2.20. The van der Waals surface area contributed by atoms with E-state index in [9.17, 15) is 48.3 Å². The summed E-state index contributed by atoms with van der Waals surface area (Å²) in [5, 5.41) is 21.1. The van der Waals surface area contributed by atoms with Crippen LogP contribution in [0.15, 0.2) is 97.2 Å². The normalized spacial score (nSPS) is 12.9. The fraction of sp³-hybridized carbons (Fsp3) is 0.314. The van der Waals surface area contributed by atoms with Crippen molar-refractivity contribution in [2.45, 2.75) is 97.8 Å². The fourth-order valence-corrected chi connectivity index (χ4v) is 7.61. The predicted molar refractivity (Wildman–Crippen MR) is 247 cm³/mol. The molecule has 4 aromatic carbocycles. The molecule has 344 valence electrons. The average molecular weight is 898 g/mol. The van der Waals surface area contributed by atoms with Crippen molar-refractivity contribution in [1.29, 1.82) is 0 Å². The zero-order valence-corrected chi connectivity index (χ0v) is 37.8. The van der Waals surface area contributed by atoms with Crippen LogP contribution in [0.2, 0.25) is 0 Å². The number of benzene rings is 4. The van der Waals surface area contributed by atoms with Crippen LogP contribution in [0.3, 0.4) is 0 Å². The van der Waals surface area contributed by atoms with E-state index in [1.54, 1.807) is 32.2 Å². The number of fused-ring (bicyclic) bond motifs is 1. The molecule has 15 nitrogen and oxygen atoms in total. The zero-order valence-electron chi connectivity index (χ0n) is 37.8. The van der Waals surface area contributed by atoms with Crippen molar-refractivity contribution >= 4 is 63.6 Å². The molecule has 4 unspecified atom stereocenters. The van der Waals surface area contributed by atoms with Gasteiger partial charge in [0.15, 0.2) is 23.1 Å². The van der Waals surface area contributed by atoms with Crippen molar-refractivity contribution in [3.63, 3.8) is 0 Å². The summed E-state index contributed by atoms with van der Waals surface area (Å²) in [5.74, 6) is -5.75. The van der Waals surface area contributed by atoms with Crippen LogP contribution in [0.1, 0.15) is 112 Å². The minimum absolute atomic E-state index is 0.00259. The number of carbonyl (C=O) groups is 9. The van der Waals surface area contributed by atoms with Crippen LogP contribution in [-0.2, 0) is 49.7 Å². The van der Waals surface area contributed by atoms with Gasteiger partial charge in [-0.2, -0.15) is 0 Å². The van der Waals surface area contributed by atoms with Crippen molar-refractivity contribution in [3.05, 3.63) is 142 Å². The number of rotatable bonds is 22. The van der Waals surface area contributed by atoms with Crippen LogP contribution in [-0.4, -0.2) is 87.0 Å². The summed E-state index contributed by atoms with van der Waals surface area (Å²) < 4.78 is 0. The fourth-order valence-electron chi connectivity index (χ4n) is 7.61. The highest BCUT2D eigenvalue weighted by Crippen LogP contribution is 2.22. The number of carboxylic acid groups (broad SMARTS) is 1. The lowest BCUT2D eigenvalue weighted by Crippen LogP contribution is -2.43. The average Bonchev–Trinajstić information content (AvgIpc) is 3.68. The Morgan fingerprint density at radius 2 is 0.955 bits per heavy atom. The second kappa shape index (κ2) is 22.4. The van der Waals surface area contributed by atoms with Gasteiger partial charge in [-0.15, -0.1) is 0 Å². The number of aliphatic carboxylic acids is 1. The summed E-state index contributed by atoms with van der Waals surface area (Å²) in [5.41, 5.74) is 3.45. The topological polar surface area (TPSA) is 238 Å². The van der Waals surface area contributed by atoms with Gasteiger partial charge in [-0.1, -0.05) is 62.4 Å². The molecule has 0 spiro atoms. The first kappa shape index (κ1) is 49.5. The maximum atomic E-state index is 14.1. The number of H-pyrrole nitrogens is 1. The third kappa shape index (κ3) is 13.5. The van der Waals surface area contributed by atoms with Crippen LogP contribution in [0, 0.1) is 5.92 Å². The van der Waals surface area contributed by atoms with Gasteiger partial charge >= 0.3 is 5.97 Å². The SMILES string of the molecule is CC(=O)C(CC(=O)O)NC(=O)c1cc(CCc2cc(C(=O)NC(Cc3c[nH]c4ccccc34)C(C)=O)cc(C(=O)NC(C(C)=O)C(C)C)c2)cc(C(=O)NC(Cc2ccccc2)C(C)=O)c1. The highest BCUT2D eigenvalue weighted by molar-refractivity contribution is 6.04. The molecule has 0 radical (unpaired) electrons. The highest BCUT2D eigenvalue weighted by Gasteiger charge is 2.26. The van der Waals surface area contributed by atoms with Crippen LogP contribution >= 0.6 is 0 Å². The molecule has 0 aliphatic rings. The van der Waals surface area contributed by atoms with Crippen molar-refractivity contribution in [3.8, 4) is 0 Å². The van der Waals surface area contributed by atoms with E-state index in [1.807, 2.05) is 54.6 Å². The molecule has 0 saturated heterocycles. The number of hydrogen-bond acceptors (Lipinski definition) is 9. The molecular formula is C51H55N5O10. The molecule has 0 aliphatic carbocycles. The smallest absolute Gasteiger partial charge is 0.305 e. The molecule has 5 aromatic rings. The Labute approximate surface area is 382 Å². The maximum absolute atomic E-state index is 14.1. The summed E-state index contributed by atoms with van der Waals surface area (Å²) in [6.45, 7) is 8.82. The number of Topliss-reactive ketones (excluding diaryl/α,β-unsaturated/α-hetero) is 4. The Morgan fingerprint density at radius 1 is 0.515 bits per heavy atom. The number of aromatic amines is 1. The third-order valence-corrected chi connectivity index (χ3v) is 11.3. The number of carbonyl (C=O) groups excluding carboxylic acids is 8. The predicted octanol–water partition coefficient (Wildman–Crippen LogP) is 5.32. The van der Waals surface area contributed by atoms with E-state index < -0.39 is 66.0 Å². The minimum Gasteiger partial charge on any atom is -0.481 e. The molecular weight excluding hydrogens is 843 g/mol. The molecule has 4 amide bonds. The van der Waals surface area contributed by atoms with Crippen LogP contribution in [0.4, 0.5) is 0 Å². The van der Waals surface area contributed by atoms with Gasteiger partial charge in [-0.25, -0.2) is 0 Å². The summed E-state index contributed by atoms with van der Waals surface area (Å²) in [6, 6.07) is 21.4. The number of aryl methyl sites for hydroxylation is 2. The molecule has 0 saturated carbocycles. The Bertz CT molecular complexity index is 2670. The molecule has 6 N–H and O–H groups in total. The van der Waals surface area contributed by atoms with Gasteiger partial charge in [0.25, 0.3) is 23.6 Å². The molecule has 0 fully saturated rings. The van der Waals surface area contributed by atoms with Gasteiger partial charge in [0, 0.05) is 45.8 Å². The molecule has 66 heavy (non-hydrogen) atoms. The Balaban J connectivity index is 1.50. The largest absolute Gasteiger partial charge is 0.481 e. The maximum Gasteiger partial charge on any atom is 0.305 e. The van der Waals surface area contributed by atoms with E-state index in [0.717, 1.165) is 29.0 Å². The minimum atomic E-state index is -1.36. The number of carboxylic acids is 1. The van der Waals surface area contributed by atoms with Crippen molar-refractivity contribution in [2.75, 3.05) is 0 Å². The van der Waals surface area contributed by atoms with Gasteiger partial charge in [-0.3, -0.25) is 43.2 Å². The molecule has 0 aliphatic heterocycles. The number of ketones is 4. The molecule has 1 heterocycles. The first-order chi connectivity index (χ1) is 31.3. The first-order valence-corrected chi connectivity index (χ1v) is 21.6. The standard InChI is InChI=1S/C51H55N5O10/c1-28(2)47(32(6)60)56-51(66)39-21-35(20-38(24-39)49(64)54-44(30(4)58)25-40-27-52-42-15-11-10-14-41(40)42)17-16-34-18-36(23-37(19-34)50(65)55-45(31(5)59)26-46(61)62)48(63)53-43(29(3)57)22-33-12-8-7-9-13-33/h7-15,18-21,23-24,27-28,43-45,47,52H,16-17,22,25-26H2,1-6H3,(H,53,63)(H,54,64)(H,55,65)(H,56,66)(H,61,62). The summed E-state index contributed by atoms with van der Waals surface area (Å²) in [6.07, 6.45) is 1.76. The molecule has 1 aromatic heterocycles. The van der Waals surface area contributed by atoms with E-state index in [-0.39, 0.29) is 71.2 Å². The van der Waals surface area contributed by atoms with Gasteiger partial charge in [0.1, 0.15) is 0 Å². The number of para-hydroxylation sites is 1. The number of aromatic nitrogens is 1. The Kier molecular flexibility index (Phi) is 16.8. The van der Waals surface area contributed by atoms with E-state index >= 15 is 0 Å². The number of amides is 4. The third-order valence-electron chi connectivity index (χ3n) is 11.3. The van der Waals surface area contributed by atoms with E-state index in [0.29, 0.717) is 11.1 Å². The van der Waals surface area contributed by atoms with E-state index in [1.165, 1.54) is 45.0 Å². The summed E-state index contributed by atoms with van der Waals surface area (Å²) >= 11 is 0. The van der Waals surface area contributed by atoms with Crippen LogP contribution in [0.5, 0.6) is 0 Å². The van der Waals surface area contributed by atoms with Gasteiger partial charge < -0.3 is 31.4 Å². The second-order valence-electron chi connectivity index (χ2n) is 16.9. The number of nitrogens with one attached hydrogen (secondary N) is 5. The van der Waals surface area contributed by atoms with Crippen molar-refractivity contribution in [2.24, 2.45) is 5.92 Å². The molecule has 0 bridgehead atoms. The Hall–Kier alpha value is -7.55. The molecule has 15 heteroatoms. The highest BCUT2D eigenvalue weighted by atomic mass is 16.4. The van der Waals surface area contributed by atoms with Crippen molar-refractivity contribution in [1.82, 2.24) is 26.3 Å². The van der Waals surface area contributed by atoms with E-state index in [4.69, 9.17) is 0 Å². The number of hydrogen-bond donors (Lipinski definition) is 6. The lowest BCUT2D eigenvalue weighted by molar-refractivity contribution is -0.139. The van der Waals surface area contributed by atoms with Gasteiger partial charge in [-0.05, 0) is 118 Å². The summed E-state index contributed by atoms with van der Waals surface area (Å²) in [4.78, 5) is 121. The monoisotopic (exact) mass is 897 g/mol. The second-order valence-corrected chi connectivity index (χ2v) is 16.9. The lowest BCUT2D eigenvalue weighted by atomic mass is 9.95. The van der Waals surface area contributed by atoms with Crippen LogP contribution < -0.4 is 21.3 Å². The summed E-state index contributed by atoms with van der Waals surface area (Å²) in [7, 11) is 0. The first-order valence-electron chi connectivity index (χ1n) is 21.6. The molecule has 4 atom stereocenters. The van der Waals surface area contributed by atoms with Crippen molar-refractivity contribution < 1.29 is 48.3 Å². The Morgan fingerprint density at radius 3 is 1.41 bits per heavy atom. The zero-order chi connectivity index (χ0) is 48.2. The van der Waals surface area contributed by atoms with Crippen LogP contribution in [0.25, 0.3) is 10.9 Å². The van der Waals surface area contributed by atoms with E-state index in [2.05, 4.69) is 26.3 Å². The molecule has 5 rings (SSSR count). The van der Waals surface area contributed by atoms with Gasteiger partial charge in [0.2, 0.25) is 0 Å². The van der Waals surface area contributed by atoms with Gasteiger partial charge in [0.05, 0.1) is 30.6 Å².